The third kappa shape index (κ3) is 3.22. The number of likely N-dealkylation sites (tertiary alicyclic amines) is 1. The minimum atomic E-state index is 0.764. The zero-order valence-corrected chi connectivity index (χ0v) is 10.5. The summed E-state index contributed by atoms with van der Waals surface area (Å²) in [6, 6.07) is 0.764. The van der Waals surface area contributed by atoms with E-state index in [1.807, 2.05) is 0 Å². The normalized spacial score (nSPS) is 30.2. The van der Waals surface area contributed by atoms with E-state index in [1.54, 1.807) is 0 Å². The molecule has 0 N–H and O–H groups in total. The molecule has 0 aromatic rings. The van der Waals surface area contributed by atoms with Crippen molar-refractivity contribution >= 4 is 15.9 Å². The van der Waals surface area contributed by atoms with E-state index in [-0.39, 0.29) is 0 Å². The second kappa shape index (κ2) is 5.32. The molecule has 3 heteroatoms. The molecule has 0 amide bonds. The number of nitrogens with zero attached hydrogens (tertiary/aromatic N) is 2. The van der Waals surface area contributed by atoms with E-state index in [0.29, 0.717) is 0 Å². The highest BCUT2D eigenvalue weighted by molar-refractivity contribution is 9.09. The fourth-order valence-electron chi connectivity index (χ4n) is 1.94. The summed E-state index contributed by atoms with van der Waals surface area (Å²) in [5.41, 5.74) is 0. The van der Waals surface area contributed by atoms with Gasteiger partial charge in [-0.1, -0.05) is 22.9 Å². The van der Waals surface area contributed by atoms with Crippen LogP contribution in [-0.4, -0.2) is 54.9 Å². The van der Waals surface area contributed by atoms with Crippen LogP contribution in [0.4, 0.5) is 0 Å². The maximum Gasteiger partial charge on any atom is 0.0219 e. The van der Waals surface area contributed by atoms with Crippen molar-refractivity contribution in [2.24, 2.45) is 5.92 Å². The molecule has 1 saturated heterocycles. The summed E-state index contributed by atoms with van der Waals surface area (Å²) in [5, 5.41) is 1.13. The summed E-state index contributed by atoms with van der Waals surface area (Å²) >= 11 is 3.61. The van der Waals surface area contributed by atoms with Gasteiger partial charge in [-0.15, -0.1) is 0 Å². The Morgan fingerprint density at radius 3 is 2.69 bits per heavy atom. The molecule has 13 heavy (non-hydrogen) atoms. The van der Waals surface area contributed by atoms with Gasteiger partial charge < -0.3 is 4.90 Å². The minimum Gasteiger partial charge on any atom is -0.308 e. The third-order valence-electron chi connectivity index (χ3n) is 2.99. The standard InChI is InChI=1S/C10H21BrN2/c1-9-4-5-13(10(9)8-11)7-6-12(2)3/h9-10H,4-8H2,1-3H3. The molecule has 0 saturated carbocycles. The first-order valence-electron chi connectivity index (χ1n) is 5.10. The van der Waals surface area contributed by atoms with Crippen LogP contribution in [0.25, 0.3) is 0 Å². The topological polar surface area (TPSA) is 6.48 Å². The molecular formula is C10H21BrN2. The second-order valence-corrected chi connectivity index (χ2v) is 4.97. The molecule has 1 heterocycles. The molecule has 1 aliphatic heterocycles. The van der Waals surface area contributed by atoms with Gasteiger partial charge in [0, 0.05) is 24.5 Å². The molecule has 0 aromatic heterocycles. The van der Waals surface area contributed by atoms with Crippen LogP contribution in [0, 0.1) is 5.92 Å². The maximum absolute atomic E-state index is 3.61. The van der Waals surface area contributed by atoms with Gasteiger partial charge in [-0.2, -0.15) is 0 Å². The van der Waals surface area contributed by atoms with E-state index < -0.39 is 0 Å². The van der Waals surface area contributed by atoms with E-state index in [1.165, 1.54) is 26.1 Å². The average Bonchev–Trinajstić information content (AvgIpc) is 2.42. The number of rotatable bonds is 4. The lowest BCUT2D eigenvalue weighted by molar-refractivity contribution is 0.225. The summed E-state index contributed by atoms with van der Waals surface area (Å²) in [6.45, 7) is 6.04. The van der Waals surface area contributed by atoms with Crippen LogP contribution in [0.5, 0.6) is 0 Å². The predicted octanol–water partition coefficient (Wildman–Crippen LogP) is 1.65. The van der Waals surface area contributed by atoms with Gasteiger partial charge in [0.25, 0.3) is 0 Å². The molecule has 1 fully saturated rings. The van der Waals surface area contributed by atoms with E-state index in [9.17, 15) is 0 Å². The lowest BCUT2D eigenvalue weighted by Gasteiger charge is -2.26. The van der Waals surface area contributed by atoms with Crippen molar-refractivity contribution in [2.45, 2.75) is 19.4 Å². The van der Waals surface area contributed by atoms with Crippen LogP contribution < -0.4 is 0 Å². The SMILES string of the molecule is CC1CCN(CCN(C)C)C1CBr. The van der Waals surface area contributed by atoms with Crippen LogP contribution in [0.1, 0.15) is 13.3 Å². The Morgan fingerprint density at radius 2 is 2.15 bits per heavy atom. The Kier molecular flexibility index (Phi) is 4.70. The third-order valence-corrected chi connectivity index (χ3v) is 3.65. The summed E-state index contributed by atoms with van der Waals surface area (Å²) in [7, 11) is 4.28. The van der Waals surface area contributed by atoms with Gasteiger partial charge in [-0.3, -0.25) is 4.90 Å². The largest absolute Gasteiger partial charge is 0.308 e. The van der Waals surface area contributed by atoms with E-state index in [2.05, 4.69) is 46.7 Å². The zero-order chi connectivity index (χ0) is 9.84. The van der Waals surface area contributed by atoms with Crippen molar-refractivity contribution in [3.63, 3.8) is 0 Å². The molecule has 0 spiro atoms. The Morgan fingerprint density at radius 1 is 1.46 bits per heavy atom. The lowest BCUT2D eigenvalue weighted by Crippen LogP contribution is -2.38. The highest BCUT2D eigenvalue weighted by Crippen LogP contribution is 2.24. The second-order valence-electron chi connectivity index (χ2n) is 4.33. The van der Waals surface area contributed by atoms with Crippen LogP contribution in [-0.2, 0) is 0 Å². The molecule has 1 aliphatic rings. The van der Waals surface area contributed by atoms with E-state index in [0.717, 1.165) is 17.3 Å². The van der Waals surface area contributed by atoms with Crippen molar-refractivity contribution in [3.8, 4) is 0 Å². The van der Waals surface area contributed by atoms with Crippen LogP contribution in [0.15, 0.2) is 0 Å². The number of likely N-dealkylation sites (N-methyl/N-ethyl adjacent to an activating group) is 1. The summed E-state index contributed by atoms with van der Waals surface area (Å²) < 4.78 is 0. The number of alkyl halides is 1. The molecule has 2 atom stereocenters. The summed E-state index contributed by atoms with van der Waals surface area (Å²) in [6.07, 6.45) is 1.36. The van der Waals surface area contributed by atoms with Crippen molar-refractivity contribution in [1.82, 2.24) is 9.80 Å². The fourth-order valence-corrected chi connectivity index (χ4v) is 2.99. The quantitative estimate of drug-likeness (QED) is 0.699. The van der Waals surface area contributed by atoms with Crippen LogP contribution >= 0.6 is 15.9 Å². The molecular weight excluding hydrogens is 228 g/mol. The van der Waals surface area contributed by atoms with Crippen LogP contribution in [0.2, 0.25) is 0 Å². The summed E-state index contributed by atoms with van der Waals surface area (Å²) in [4.78, 5) is 4.87. The highest BCUT2D eigenvalue weighted by atomic mass is 79.9. The number of hydrogen-bond donors (Lipinski definition) is 0. The van der Waals surface area contributed by atoms with Crippen molar-refractivity contribution in [2.75, 3.05) is 39.1 Å². The van der Waals surface area contributed by atoms with Gasteiger partial charge in [0.05, 0.1) is 0 Å². The Labute approximate surface area is 90.4 Å². The molecule has 2 unspecified atom stereocenters. The fraction of sp³-hybridized carbons (Fsp3) is 1.00. The van der Waals surface area contributed by atoms with Gasteiger partial charge in [-0.25, -0.2) is 0 Å². The molecule has 0 bridgehead atoms. The van der Waals surface area contributed by atoms with Gasteiger partial charge in [0.1, 0.15) is 0 Å². The average molecular weight is 249 g/mol. The van der Waals surface area contributed by atoms with Gasteiger partial charge in [0.2, 0.25) is 0 Å². The Balaban J connectivity index is 2.32. The van der Waals surface area contributed by atoms with E-state index >= 15 is 0 Å². The van der Waals surface area contributed by atoms with E-state index in [4.69, 9.17) is 0 Å². The highest BCUT2D eigenvalue weighted by Gasteiger charge is 2.29. The first-order chi connectivity index (χ1) is 6.15. The van der Waals surface area contributed by atoms with Crippen LogP contribution in [0.3, 0.4) is 0 Å². The molecule has 0 radical (unpaired) electrons. The van der Waals surface area contributed by atoms with Crippen molar-refractivity contribution in [1.29, 1.82) is 0 Å². The first kappa shape index (κ1) is 11.5. The number of halogens is 1. The van der Waals surface area contributed by atoms with Crippen molar-refractivity contribution in [3.05, 3.63) is 0 Å². The Bertz CT molecular complexity index is 150. The van der Waals surface area contributed by atoms with Gasteiger partial charge in [0.15, 0.2) is 0 Å². The maximum atomic E-state index is 3.61. The molecule has 1 rings (SSSR count). The smallest absolute Gasteiger partial charge is 0.0219 e. The zero-order valence-electron chi connectivity index (χ0n) is 8.96. The first-order valence-corrected chi connectivity index (χ1v) is 6.22. The lowest BCUT2D eigenvalue weighted by atomic mass is 10.1. The molecule has 0 aliphatic carbocycles. The van der Waals surface area contributed by atoms with Crippen molar-refractivity contribution < 1.29 is 0 Å². The predicted molar refractivity (Wildman–Crippen MR) is 61.5 cm³/mol. The molecule has 2 nitrogen and oxygen atoms in total. The summed E-state index contributed by atoms with van der Waals surface area (Å²) in [5.74, 6) is 0.863. The molecule has 0 aromatic carbocycles. The monoisotopic (exact) mass is 248 g/mol. The Hall–Kier alpha value is 0.400. The van der Waals surface area contributed by atoms with Gasteiger partial charge >= 0.3 is 0 Å². The minimum absolute atomic E-state index is 0.764. The number of hydrogen-bond acceptors (Lipinski definition) is 2. The molecule has 78 valence electrons. The van der Waals surface area contributed by atoms with Gasteiger partial charge in [-0.05, 0) is 33.0 Å².